The van der Waals surface area contributed by atoms with Gasteiger partial charge in [0.25, 0.3) is 0 Å². The Hall–Kier alpha value is -0.130. The minimum absolute atomic E-state index is 0.0234. The van der Waals surface area contributed by atoms with E-state index in [0.717, 1.165) is 19.3 Å². The van der Waals surface area contributed by atoms with Crippen LogP contribution in [0.3, 0.4) is 0 Å². The molecule has 4 nitrogen and oxygen atoms in total. The van der Waals surface area contributed by atoms with Crippen molar-refractivity contribution in [3.05, 3.63) is 0 Å². The second-order valence-corrected chi connectivity index (χ2v) is 6.66. The zero-order valence-electron chi connectivity index (χ0n) is 10.4. The fraction of sp³-hybridized carbons (Fsp3) is 1.00. The first kappa shape index (κ1) is 13.9. The molecule has 0 saturated carbocycles. The van der Waals surface area contributed by atoms with Crippen LogP contribution >= 0.6 is 0 Å². The summed E-state index contributed by atoms with van der Waals surface area (Å²) >= 11 is 0. The van der Waals surface area contributed by atoms with Crippen LogP contribution < -0.4 is 5.73 Å². The summed E-state index contributed by atoms with van der Waals surface area (Å²) in [6, 6.07) is 0.0234. The molecule has 0 amide bonds. The number of sulfonamides is 1. The van der Waals surface area contributed by atoms with Crippen LogP contribution in [-0.2, 0) is 10.0 Å². The first-order valence-corrected chi connectivity index (χ1v) is 7.85. The van der Waals surface area contributed by atoms with E-state index in [4.69, 9.17) is 5.73 Å². The molecule has 5 heteroatoms. The molecule has 0 aromatic rings. The lowest BCUT2D eigenvalue weighted by molar-refractivity contribution is 0.197. The van der Waals surface area contributed by atoms with E-state index in [1.165, 1.54) is 0 Å². The summed E-state index contributed by atoms with van der Waals surface area (Å²) in [6.45, 7) is 5.16. The molecule has 1 aliphatic rings. The molecular weight excluding hydrogens is 224 g/mol. The minimum atomic E-state index is -3.07. The number of piperidine rings is 1. The Morgan fingerprint density at radius 3 is 2.56 bits per heavy atom. The van der Waals surface area contributed by atoms with Crippen molar-refractivity contribution in [1.29, 1.82) is 0 Å². The highest BCUT2D eigenvalue weighted by molar-refractivity contribution is 7.89. The van der Waals surface area contributed by atoms with Gasteiger partial charge in [0.2, 0.25) is 10.0 Å². The predicted molar refractivity (Wildman–Crippen MR) is 66.6 cm³/mol. The largest absolute Gasteiger partial charge is 0.329 e. The quantitative estimate of drug-likeness (QED) is 0.794. The molecule has 0 radical (unpaired) electrons. The Bertz CT molecular complexity index is 303. The van der Waals surface area contributed by atoms with Gasteiger partial charge in [-0.15, -0.1) is 0 Å². The SMILES string of the molecule is CCCS(=O)(=O)N1CCC(CC)CC1CN. The van der Waals surface area contributed by atoms with Gasteiger partial charge in [0.1, 0.15) is 0 Å². The van der Waals surface area contributed by atoms with Crippen LogP contribution in [0.4, 0.5) is 0 Å². The van der Waals surface area contributed by atoms with Gasteiger partial charge in [-0.3, -0.25) is 0 Å². The molecule has 0 aromatic carbocycles. The zero-order valence-corrected chi connectivity index (χ0v) is 11.2. The van der Waals surface area contributed by atoms with Crippen LogP contribution in [0.5, 0.6) is 0 Å². The average Bonchev–Trinajstić information content (AvgIpc) is 2.28. The summed E-state index contributed by atoms with van der Waals surface area (Å²) in [5.74, 6) is 0.891. The molecule has 0 aliphatic carbocycles. The van der Waals surface area contributed by atoms with Crippen LogP contribution in [0.25, 0.3) is 0 Å². The van der Waals surface area contributed by atoms with Gasteiger partial charge < -0.3 is 5.73 Å². The summed E-state index contributed by atoms with van der Waals surface area (Å²) in [7, 11) is -3.07. The van der Waals surface area contributed by atoms with Crippen molar-refractivity contribution in [2.45, 2.75) is 45.6 Å². The van der Waals surface area contributed by atoms with Gasteiger partial charge in [0, 0.05) is 19.1 Å². The van der Waals surface area contributed by atoms with Crippen molar-refractivity contribution in [1.82, 2.24) is 4.31 Å². The van der Waals surface area contributed by atoms with Gasteiger partial charge in [-0.1, -0.05) is 20.3 Å². The lowest BCUT2D eigenvalue weighted by atomic mass is 9.90. The Morgan fingerprint density at radius 1 is 1.38 bits per heavy atom. The molecule has 0 bridgehead atoms. The molecule has 1 rings (SSSR count). The van der Waals surface area contributed by atoms with Gasteiger partial charge in [-0.2, -0.15) is 4.31 Å². The second kappa shape index (κ2) is 5.98. The van der Waals surface area contributed by atoms with E-state index in [9.17, 15) is 8.42 Å². The predicted octanol–water partition coefficient (Wildman–Crippen LogP) is 1.18. The van der Waals surface area contributed by atoms with Gasteiger partial charge >= 0.3 is 0 Å². The summed E-state index contributed by atoms with van der Waals surface area (Å²) in [5, 5.41) is 0. The molecule has 2 unspecified atom stereocenters. The lowest BCUT2D eigenvalue weighted by Gasteiger charge is -2.37. The van der Waals surface area contributed by atoms with E-state index in [2.05, 4.69) is 6.92 Å². The van der Waals surface area contributed by atoms with Crippen molar-refractivity contribution < 1.29 is 8.42 Å². The van der Waals surface area contributed by atoms with Crippen LogP contribution in [0.1, 0.15) is 39.5 Å². The standard InChI is InChI=1S/C11H24N2O2S/c1-3-7-16(14,15)13-6-5-10(4-2)8-11(13)9-12/h10-11H,3-9,12H2,1-2H3. The van der Waals surface area contributed by atoms with E-state index >= 15 is 0 Å². The molecule has 96 valence electrons. The Labute approximate surface area is 99.2 Å². The molecule has 0 aromatic heterocycles. The van der Waals surface area contributed by atoms with Crippen molar-refractivity contribution in [3.63, 3.8) is 0 Å². The first-order chi connectivity index (χ1) is 7.55. The highest BCUT2D eigenvalue weighted by Gasteiger charge is 2.33. The topological polar surface area (TPSA) is 63.4 Å². The smallest absolute Gasteiger partial charge is 0.214 e. The van der Waals surface area contributed by atoms with E-state index in [1.807, 2.05) is 6.92 Å². The van der Waals surface area contributed by atoms with Gasteiger partial charge in [-0.25, -0.2) is 8.42 Å². The lowest BCUT2D eigenvalue weighted by Crippen LogP contribution is -2.50. The fourth-order valence-corrected chi connectivity index (χ4v) is 4.20. The molecule has 1 heterocycles. The van der Waals surface area contributed by atoms with Crippen LogP contribution in [-0.4, -0.2) is 37.6 Å². The van der Waals surface area contributed by atoms with Crippen molar-refractivity contribution in [3.8, 4) is 0 Å². The van der Waals surface area contributed by atoms with Gasteiger partial charge in [0.05, 0.1) is 5.75 Å². The highest BCUT2D eigenvalue weighted by atomic mass is 32.2. The number of hydrogen-bond acceptors (Lipinski definition) is 3. The summed E-state index contributed by atoms with van der Waals surface area (Å²) in [6.07, 6.45) is 3.71. The number of nitrogens with zero attached hydrogens (tertiary/aromatic N) is 1. The molecule has 1 aliphatic heterocycles. The first-order valence-electron chi connectivity index (χ1n) is 6.24. The summed E-state index contributed by atoms with van der Waals surface area (Å²) in [5.41, 5.74) is 5.70. The van der Waals surface area contributed by atoms with E-state index < -0.39 is 10.0 Å². The number of rotatable bonds is 5. The van der Waals surface area contributed by atoms with Crippen molar-refractivity contribution in [2.75, 3.05) is 18.8 Å². The van der Waals surface area contributed by atoms with E-state index in [1.54, 1.807) is 4.31 Å². The maximum absolute atomic E-state index is 12.0. The molecule has 2 atom stereocenters. The van der Waals surface area contributed by atoms with Crippen molar-refractivity contribution >= 4 is 10.0 Å². The van der Waals surface area contributed by atoms with E-state index in [-0.39, 0.29) is 11.8 Å². The maximum atomic E-state index is 12.0. The molecule has 1 saturated heterocycles. The molecule has 2 N–H and O–H groups in total. The highest BCUT2D eigenvalue weighted by Crippen LogP contribution is 2.27. The minimum Gasteiger partial charge on any atom is -0.329 e. The van der Waals surface area contributed by atoms with Gasteiger partial charge in [-0.05, 0) is 25.2 Å². The third-order valence-electron chi connectivity index (χ3n) is 3.44. The molecule has 1 fully saturated rings. The maximum Gasteiger partial charge on any atom is 0.214 e. The van der Waals surface area contributed by atoms with Crippen LogP contribution in [0.15, 0.2) is 0 Å². The Kier molecular flexibility index (Phi) is 5.21. The number of hydrogen-bond donors (Lipinski definition) is 1. The molecule has 16 heavy (non-hydrogen) atoms. The molecular formula is C11H24N2O2S. The Morgan fingerprint density at radius 2 is 2.06 bits per heavy atom. The van der Waals surface area contributed by atoms with Crippen LogP contribution in [0.2, 0.25) is 0 Å². The van der Waals surface area contributed by atoms with E-state index in [0.29, 0.717) is 25.4 Å². The van der Waals surface area contributed by atoms with Crippen molar-refractivity contribution in [2.24, 2.45) is 11.7 Å². The Balaban J connectivity index is 2.73. The molecule has 0 spiro atoms. The third kappa shape index (κ3) is 3.18. The zero-order chi connectivity index (χ0) is 12.2. The fourth-order valence-electron chi connectivity index (χ4n) is 2.44. The van der Waals surface area contributed by atoms with Crippen LogP contribution in [0, 0.1) is 5.92 Å². The second-order valence-electron chi connectivity index (χ2n) is 4.61. The normalized spacial score (nSPS) is 28.2. The monoisotopic (exact) mass is 248 g/mol. The number of nitrogens with two attached hydrogens (primary N) is 1. The summed E-state index contributed by atoms with van der Waals surface area (Å²) < 4.78 is 25.7. The average molecular weight is 248 g/mol. The third-order valence-corrected chi connectivity index (χ3v) is 5.56. The van der Waals surface area contributed by atoms with Gasteiger partial charge in [0.15, 0.2) is 0 Å². The summed E-state index contributed by atoms with van der Waals surface area (Å²) in [4.78, 5) is 0.